The van der Waals surface area contributed by atoms with E-state index in [1.165, 1.54) is 0 Å². The largest absolute Gasteiger partial charge is 0.457 e. The molecule has 1 aromatic heterocycles. The zero-order valence-electron chi connectivity index (χ0n) is 10.0. The Morgan fingerprint density at radius 3 is 2.94 bits per heavy atom. The van der Waals surface area contributed by atoms with Crippen LogP contribution in [0.4, 0.5) is 0 Å². The first-order valence-electron chi connectivity index (χ1n) is 5.69. The first-order chi connectivity index (χ1) is 8.76. The molecule has 1 heterocycles. The van der Waals surface area contributed by atoms with E-state index in [1.807, 2.05) is 24.3 Å². The van der Waals surface area contributed by atoms with Crippen molar-refractivity contribution in [3.63, 3.8) is 0 Å². The molecule has 0 saturated carbocycles. The molecule has 0 bridgehead atoms. The van der Waals surface area contributed by atoms with Gasteiger partial charge in [-0.2, -0.15) is 4.79 Å². The van der Waals surface area contributed by atoms with E-state index < -0.39 is 5.97 Å². The van der Waals surface area contributed by atoms with Gasteiger partial charge in [-0.15, -0.1) is 0 Å². The molecule has 5 nitrogen and oxygen atoms in total. The van der Waals surface area contributed by atoms with Crippen LogP contribution in [0.25, 0.3) is 16.4 Å². The van der Waals surface area contributed by atoms with Gasteiger partial charge in [-0.25, -0.2) is 4.79 Å². The molecule has 2 rings (SSSR count). The number of rotatable bonds is 4. The summed E-state index contributed by atoms with van der Waals surface area (Å²) in [5.41, 5.74) is 10.7. The molecule has 0 saturated heterocycles. The molecule has 2 aromatic rings. The van der Waals surface area contributed by atoms with Gasteiger partial charge >= 0.3 is 11.7 Å². The smallest absolute Gasteiger partial charge is 0.417 e. The maximum absolute atomic E-state index is 11.5. The summed E-state index contributed by atoms with van der Waals surface area (Å²) in [6.45, 7) is 1.96. The van der Waals surface area contributed by atoms with E-state index in [9.17, 15) is 4.79 Å². The lowest BCUT2D eigenvalue weighted by Gasteiger charge is -1.97. The number of hydrogen-bond acceptors (Lipinski definition) is 2. The highest BCUT2D eigenvalue weighted by Gasteiger charge is 2.23. The fraction of sp³-hybridized carbons (Fsp3) is 0.231. The zero-order valence-corrected chi connectivity index (χ0v) is 10.0. The van der Waals surface area contributed by atoms with Gasteiger partial charge in [0.1, 0.15) is 0 Å². The summed E-state index contributed by atoms with van der Waals surface area (Å²) >= 11 is 0. The third-order valence-corrected chi connectivity index (χ3v) is 2.66. The molecule has 0 fully saturated rings. The molecular formula is C13H13N3O2. The molecule has 0 aliphatic rings. The van der Waals surface area contributed by atoms with Crippen LogP contribution in [0.15, 0.2) is 30.5 Å². The lowest BCUT2D eigenvalue weighted by molar-refractivity contribution is -0.140. The average molecular weight is 243 g/mol. The second kappa shape index (κ2) is 5.29. The van der Waals surface area contributed by atoms with Gasteiger partial charge in [-0.1, -0.05) is 18.2 Å². The Morgan fingerprint density at radius 2 is 2.22 bits per heavy atom. The number of aromatic amines is 1. The van der Waals surface area contributed by atoms with Gasteiger partial charge in [0.15, 0.2) is 0 Å². The van der Waals surface area contributed by atoms with Crippen LogP contribution in [0.1, 0.15) is 12.5 Å². The molecule has 0 aliphatic heterocycles. The number of hydrogen-bond donors (Lipinski definition) is 1. The van der Waals surface area contributed by atoms with Gasteiger partial charge < -0.3 is 15.3 Å². The lowest BCUT2D eigenvalue weighted by atomic mass is 10.1. The molecule has 0 aliphatic carbocycles. The van der Waals surface area contributed by atoms with E-state index in [0.717, 1.165) is 16.5 Å². The Morgan fingerprint density at radius 1 is 1.44 bits per heavy atom. The number of nitrogens with one attached hydrogen (secondary N) is 1. The van der Waals surface area contributed by atoms with Crippen LogP contribution in [0, 0.1) is 0 Å². The maximum Gasteiger partial charge on any atom is 0.417 e. The van der Waals surface area contributed by atoms with Gasteiger partial charge in [0.05, 0.1) is 13.0 Å². The van der Waals surface area contributed by atoms with Gasteiger partial charge in [0, 0.05) is 17.1 Å². The molecule has 0 atom stereocenters. The predicted octanol–water partition coefficient (Wildman–Crippen LogP) is 1.94. The predicted molar refractivity (Wildman–Crippen MR) is 67.3 cm³/mol. The van der Waals surface area contributed by atoms with Crippen LogP contribution < -0.4 is 0 Å². The molecule has 5 heteroatoms. The topological polar surface area (TPSA) is 78.5 Å². The summed E-state index contributed by atoms with van der Waals surface area (Å²) in [5, 5.41) is 1.00. The number of ether oxygens (including phenoxy) is 1. The lowest BCUT2D eigenvalue weighted by Crippen LogP contribution is -2.20. The standard InChI is InChI=1S/C13H13N3O2/c1-2-18-13(17)12(16-14)7-9-8-15-11-6-4-3-5-10(9)11/h3-6,8,15H,2,7H2,1H3. The second-order valence-electron chi connectivity index (χ2n) is 3.80. The molecule has 1 aromatic carbocycles. The summed E-state index contributed by atoms with van der Waals surface area (Å²) in [7, 11) is 0. The number of esters is 1. The third kappa shape index (κ3) is 2.31. The summed E-state index contributed by atoms with van der Waals surface area (Å²) in [5.74, 6) is -0.592. The quantitative estimate of drug-likeness (QED) is 0.385. The minimum atomic E-state index is -0.592. The molecular weight excluding hydrogens is 230 g/mol. The first kappa shape index (κ1) is 12.1. The normalized spacial score (nSPS) is 10.1. The van der Waals surface area contributed by atoms with Crippen molar-refractivity contribution in [3.05, 3.63) is 41.6 Å². The Bertz CT molecular complexity index is 624. The van der Waals surface area contributed by atoms with Crippen LogP contribution in [-0.2, 0) is 16.0 Å². The zero-order chi connectivity index (χ0) is 13.0. The van der Waals surface area contributed by atoms with Crippen molar-refractivity contribution in [2.45, 2.75) is 13.3 Å². The SMILES string of the molecule is CCOC(=O)C(Cc1c[nH]c2ccccc12)=[N+]=[N-]. The number of H-pyrrole nitrogens is 1. The van der Waals surface area contributed by atoms with Crippen LogP contribution in [0.2, 0.25) is 0 Å². The molecule has 0 amide bonds. The fourth-order valence-corrected chi connectivity index (χ4v) is 1.82. The van der Waals surface area contributed by atoms with E-state index in [-0.39, 0.29) is 18.7 Å². The summed E-state index contributed by atoms with van der Waals surface area (Å²) in [6, 6.07) is 7.73. The highest BCUT2D eigenvalue weighted by atomic mass is 16.5. The minimum absolute atomic E-state index is 0.00148. The Kier molecular flexibility index (Phi) is 3.55. The van der Waals surface area contributed by atoms with Crippen LogP contribution in [0.3, 0.4) is 0 Å². The van der Waals surface area contributed by atoms with Gasteiger partial charge in [-0.05, 0) is 18.6 Å². The number of fused-ring (bicyclic) bond motifs is 1. The monoisotopic (exact) mass is 243 g/mol. The van der Waals surface area contributed by atoms with Crippen molar-refractivity contribution in [1.29, 1.82) is 0 Å². The van der Waals surface area contributed by atoms with E-state index >= 15 is 0 Å². The number of carbonyl (C=O) groups is 1. The number of benzene rings is 1. The maximum atomic E-state index is 11.5. The van der Waals surface area contributed by atoms with Crippen LogP contribution >= 0.6 is 0 Å². The molecule has 0 radical (unpaired) electrons. The Labute approximate surface area is 104 Å². The van der Waals surface area contributed by atoms with Crippen molar-refractivity contribution in [2.75, 3.05) is 6.61 Å². The second-order valence-corrected chi connectivity index (χ2v) is 3.80. The average Bonchev–Trinajstić information content (AvgIpc) is 2.79. The van der Waals surface area contributed by atoms with Crippen molar-refractivity contribution < 1.29 is 14.3 Å². The highest BCUT2D eigenvalue weighted by molar-refractivity contribution is 6.34. The number of carbonyl (C=O) groups excluding carboxylic acids is 1. The molecule has 0 spiro atoms. The van der Waals surface area contributed by atoms with Gasteiger partial charge in [-0.3, -0.25) is 0 Å². The Hall–Kier alpha value is -2.39. The van der Waals surface area contributed by atoms with E-state index in [2.05, 4.69) is 9.77 Å². The first-order valence-corrected chi connectivity index (χ1v) is 5.69. The number of aromatic nitrogens is 1. The molecule has 92 valence electrons. The number of nitrogens with zero attached hydrogens (tertiary/aromatic N) is 2. The highest BCUT2D eigenvalue weighted by Crippen LogP contribution is 2.18. The minimum Gasteiger partial charge on any atom is -0.457 e. The van der Waals surface area contributed by atoms with E-state index in [0.29, 0.717) is 0 Å². The third-order valence-electron chi connectivity index (χ3n) is 2.66. The summed E-state index contributed by atoms with van der Waals surface area (Å²) in [4.78, 5) is 17.6. The van der Waals surface area contributed by atoms with Crippen molar-refractivity contribution in [1.82, 2.24) is 4.98 Å². The summed E-state index contributed by atoms with van der Waals surface area (Å²) in [6.07, 6.45) is 2.04. The van der Waals surface area contributed by atoms with Crippen molar-refractivity contribution in [3.8, 4) is 0 Å². The molecule has 1 N–H and O–H groups in total. The van der Waals surface area contributed by atoms with Crippen LogP contribution in [-0.4, -0.2) is 28.1 Å². The van der Waals surface area contributed by atoms with E-state index in [4.69, 9.17) is 10.3 Å². The number of para-hydroxylation sites is 1. The van der Waals surface area contributed by atoms with Crippen molar-refractivity contribution >= 4 is 22.6 Å². The molecule has 0 unspecified atom stereocenters. The Balaban J connectivity index is 2.28. The summed E-state index contributed by atoms with van der Waals surface area (Å²) < 4.78 is 4.82. The van der Waals surface area contributed by atoms with E-state index in [1.54, 1.807) is 13.1 Å². The van der Waals surface area contributed by atoms with Crippen molar-refractivity contribution in [2.24, 2.45) is 0 Å². The molecule has 18 heavy (non-hydrogen) atoms. The van der Waals surface area contributed by atoms with Gasteiger partial charge in [0.2, 0.25) is 0 Å². The van der Waals surface area contributed by atoms with Crippen LogP contribution in [0.5, 0.6) is 0 Å². The fourth-order valence-electron chi connectivity index (χ4n) is 1.82. The van der Waals surface area contributed by atoms with Gasteiger partial charge in [0.25, 0.3) is 0 Å².